The number of nitrogens with two attached hydrogens (primary N) is 2. The van der Waals surface area contributed by atoms with Crippen molar-refractivity contribution in [3.63, 3.8) is 0 Å². The van der Waals surface area contributed by atoms with Crippen LogP contribution in [0, 0.1) is 23.7 Å². The van der Waals surface area contributed by atoms with E-state index in [4.69, 9.17) is 16.2 Å². The summed E-state index contributed by atoms with van der Waals surface area (Å²) in [6, 6.07) is 0. The average Bonchev–Trinajstić information content (AvgIpc) is 3.26. The van der Waals surface area contributed by atoms with Gasteiger partial charge >= 0.3 is 5.97 Å². The van der Waals surface area contributed by atoms with Crippen molar-refractivity contribution in [1.29, 1.82) is 0 Å². The number of aliphatic hydroxyl groups is 11. The number of unbranched alkanes of at least 4 members (excludes halogenated alkanes) is 3. The molecule has 400 valence electrons. The lowest BCUT2D eigenvalue weighted by Gasteiger charge is -2.33. The van der Waals surface area contributed by atoms with Gasteiger partial charge in [0.25, 0.3) is 0 Å². The van der Waals surface area contributed by atoms with Crippen LogP contribution in [-0.2, 0) is 9.53 Å². The van der Waals surface area contributed by atoms with E-state index in [1.807, 2.05) is 33.8 Å². The van der Waals surface area contributed by atoms with Gasteiger partial charge in [0.05, 0.1) is 73.1 Å². The monoisotopic (exact) mass is 974 g/mol. The molecule has 0 fully saturated rings. The molecule has 15 N–H and O–H groups in total. The Hall–Kier alpha value is -2.22. The molecule has 0 saturated carbocycles. The summed E-state index contributed by atoms with van der Waals surface area (Å²) in [5, 5.41) is 119. The second-order valence-corrected chi connectivity index (χ2v) is 20.6. The van der Waals surface area contributed by atoms with Crippen molar-refractivity contribution in [2.75, 3.05) is 6.54 Å². The smallest absolute Gasteiger partial charge is 0.311 e. The van der Waals surface area contributed by atoms with Crippen LogP contribution in [0.5, 0.6) is 0 Å². The molecule has 1 aliphatic heterocycles. The van der Waals surface area contributed by atoms with Gasteiger partial charge in [0.1, 0.15) is 6.10 Å². The number of carbonyl (C=O) groups excluding carboxylic acids is 1. The van der Waals surface area contributed by atoms with Crippen LogP contribution in [0.1, 0.15) is 189 Å². The van der Waals surface area contributed by atoms with Crippen molar-refractivity contribution < 1.29 is 65.7 Å². The van der Waals surface area contributed by atoms with E-state index in [9.17, 15) is 61.0 Å². The summed E-state index contributed by atoms with van der Waals surface area (Å²) in [5.74, 6) is -2.48. The van der Waals surface area contributed by atoms with Crippen LogP contribution in [0.2, 0.25) is 0 Å². The maximum Gasteiger partial charge on any atom is 0.311 e. The number of cyclic esters (lactones) is 1. The summed E-state index contributed by atoms with van der Waals surface area (Å²) in [5.41, 5.74) is 12.6. The predicted octanol–water partition coefficient (Wildman–Crippen LogP) is 4.56. The molecule has 16 heteroatoms. The lowest BCUT2D eigenvalue weighted by Crippen LogP contribution is -2.41. The molecule has 0 aliphatic carbocycles. The van der Waals surface area contributed by atoms with Gasteiger partial charge < -0.3 is 72.4 Å². The van der Waals surface area contributed by atoms with E-state index >= 15 is 0 Å². The number of allylic oxidation sites excluding steroid dienone is 1. The number of aliphatic imine (C=N–C) groups is 1. The van der Waals surface area contributed by atoms with Crippen molar-refractivity contribution in [3.05, 3.63) is 23.3 Å². The van der Waals surface area contributed by atoms with Gasteiger partial charge in [-0.15, -0.1) is 0 Å². The number of hydrogen-bond acceptors (Lipinski definition) is 14. The van der Waals surface area contributed by atoms with Gasteiger partial charge in [-0.25, -0.2) is 0 Å². The van der Waals surface area contributed by atoms with Gasteiger partial charge in [0.2, 0.25) is 0 Å². The fourth-order valence-electron chi connectivity index (χ4n) is 9.43. The first kappa shape index (κ1) is 63.8. The highest BCUT2D eigenvalue weighted by molar-refractivity contribution is 5.75. The van der Waals surface area contributed by atoms with E-state index in [1.54, 1.807) is 6.92 Å². The van der Waals surface area contributed by atoms with Crippen LogP contribution < -0.4 is 11.5 Å². The normalized spacial score (nSPS) is 37.5. The third-order valence-corrected chi connectivity index (χ3v) is 14.0. The Morgan fingerprint density at radius 2 is 1.21 bits per heavy atom. The number of ether oxygens (including phenoxy) is 1. The second kappa shape index (κ2) is 35.8. The first-order chi connectivity index (χ1) is 32.0. The van der Waals surface area contributed by atoms with E-state index in [0.717, 1.165) is 37.7 Å². The average molecular weight is 974 g/mol. The first-order valence-electron chi connectivity index (χ1n) is 26.2. The lowest BCUT2D eigenvalue weighted by molar-refractivity contribution is -0.165. The summed E-state index contributed by atoms with van der Waals surface area (Å²) < 4.78 is 6.26. The summed E-state index contributed by atoms with van der Waals surface area (Å²) in [6.45, 7) is 11.7. The van der Waals surface area contributed by atoms with Crippen LogP contribution >= 0.6 is 0 Å². The molecule has 16 atom stereocenters. The summed E-state index contributed by atoms with van der Waals surface area (Å²) in [6.07, 6.45) is 2.17. The largest absolute Gasteiger partial charge is 0.462 e. The number of carbonyl (C=O) groups is 1. The molecule has 1 rings (SSSR count). The number of nitrogens with zero attached hydrogens (tertiary/aromatic N) is 1. The number of esters is 1. The minimum absolute atomic E-state index is 0.0369. The molecule has 0 aromatic carbocycles. The van der Waals surface area contributed by atoms with Crippen molar-refractivity contribution in [2.24, 2.45) is 40.1 Å². The van der Waals surface area contributed by atoms with E-state index < -0.39 is 91.1 Å². The minimum Gasteiger partial charge on any atom is -0.462 e. The van der Waals surface area contributed by atoms with Crippen molar-refractivity contribution in [1.82, 2.24) is 0 Å². The molecule has 0 bridgehead atoms. The van der Waals surface area contributed by atoms with Gasteiger partial charge in [0, 0.05) is 24.8 Å². The van der Waals surface area contributed by atoms with Crippen LogP contribution in [0.4, 0.5) is 0 Å². The second-order valence-electron chi connectivity index (χ2n) is 20.6. The Balaban J connectivity index is 3.27. The molecule has 0 amide bonds. The maximum absolute atomic E-state index is 14.2. The lowest BCUT2D eigenvalue weighted by atomic mass is 9.84. The van der Waals surface area contributed by atoms with Crippen molar-refractivity contribution in [2.45, 2.75) is 262 Å². The molecular formula is C52H99N3O13. The zero-order chi connectivity index (χ0) is 51.3. The van der Waals surface area contributed by atoms with E-state index in [-0.39, 0.29) is 43.5 Å². The SMILES string of the molecule is CCCCCCC1C(=O)OC(CCCN=C(N)N)C(C)C(O)C(C)/C=C(\C)CCCCC(O)CC(O)CC(O)CC(O)CC(O)C(O)/C=C(\C)C(O)CCCC(O)CCCC(O)CCC(C)C1O. The Morgan fingerprint density at radius 3 is 1.82 bits per heavy atom. The Morgan fingerprint density at radius 1 is 0.632 bits per heavy atom. The molecular weight excluding hydrogens is 875 g/mol. The van der Waals surface area contributed by atoms with E-state index in [2.05, 4.69) is 11.9 Å². The van der Waals surface area contributed by atoms with Crippen LogP contribution in [0.3, 0.4) is 0 Å². The highest BCUT2D eigenvalue weighted by atomic mass is 16.5. The summed E-state index contributed by atoms with van der Waals surface area (Å²) in [4.78, 5) is 18.3. The first-order valence-corrected chi connectivity index (χ1v) is 26.2. The quantitative estimate of drug-likeness (QED) is 0.0495. The molecule has 1 aliphatic rings. The zero-order valence-electron chi connectivity index (χ0n) is 42.7. The molecule has 0 aromatic rings. The standard InChI is InChI=1S/C52H99N3O13/c1-7-8-9-10-21-44-50(66)34(3)24-25-39(57)19-13-18-38(56)20-14-22-45(62)35(4)28-46(63)47(64)32-43(61)31-42(60)30-41(59)29-40(58)17-12-11-16-33(2)27-36(5)49(65)37(6)48(68-51(44)67)23-15-26-55-52(53)54/h27-28,34,36-50,56-66H,7-26,29-32H2,1-6H3,(H4,53,54,55)/b33-27+,35-28+. The highest BCUT2D eigenvalue weighted by Gasteiger charge is 2.36. The molecule has 16 unspecified atom stereocenters. The van der Waals surface area contributed by atoms with Crippen molar-refractivity contribution >= 4 is 11.9 Å². The predicted molar refractivity (Wildman–Crippen MR) is 267 cm³/mol. The fourth-order valence-corrected chi connectivity index (χ4v) is 9.43. The van der Waals surface area contributed by atoms with E-state index in [0.29, 0.717) is 102 Å². The van der Waals surface area contributed by atoms with Gasteiger partial charge in [0.15, 0.2) is 5.96 Å². The van der Waals surface area contributed by atoms with Crippen LogP contribution in [0.15, 0.2) is 28.3 Å². The Bertz CT molecular complexity index is 1420. The molecule has 0 spiro atoms. The topological polar surface area (TPSA) is 313 Å². The minimum atomic E-state index is -1.38. The Kier molecular flexibility index (Phi) is 33.6. The number of hydrogen-bond donors (Lipinski definition) is 13. The molecule has 0 saturated heterocycles. The molecule has 68 heavy (non-hydrogen) atoms. The van der Waals surface area contributed by atoms with Crippen LogP contribution in [-0.4, -0.2) is 148 Å². The molecule has 0 radical (unpaired) electrons. The van der Waals surface area contributed by atoms with Gasteiger partial charge in [-0.1, -0.05) is 77.5 Å². The van der Waals surface area contributed by atoms with Gasteiger partial charge in [-0.05, 0) is 134 Å². The zero-order valence-corrected chi connectivity index (χ0v) is 42.7. The summed E-state index contributed by atoms with van der Waals surface area (Å²) >= 11 is 0. The molecule has 16 nitrogen and oxygen atoms in total. The fraction of sp³-hybridized carbons (Fsp3) is 0.885. The maximum atomic E-state index is 14.2. The Labute approximate surface area is 409 Å². The molecule has 1 heterocycles. The molecule has 0 aromatic heterocycles. The third kappa shape index (κ3) is 28.0. The van der Waals surface area contributed by atoms with E-state index in [1.165, 1.54) is 6.08 Å². The van der Waals surface area contributed by atoms with Gasteiger partial charge in [-0.2, -0.15) is 0 Å². The van der Waals surface area contributed by atoms with Gasteiger partial charge in [-0.3, -0.25) is 9.79 Å². The number of aliphatic hydroxyl groups excluding tert-OH is 11. The summed E-state index contributed by atoms with van der Waals surface area (Å²) in [7, 11) is 0. The van der Waals surface area contributed by atoms with Crippen LogP contribution in [0.25, 0.3) is 0 Å². The highest BCUT2D eigenvalue weighted by Crippen LogP contribution is 2.30. The number of guanidine groups is 1. The third-order valence-electron chi connectivity index (χ3n) is 14.0. The number of rotatable bonds is 9. The van der Waals surface area contributed by atoms with Crippen molar-refractivity contribution in [3.8, 4) is 0 Å².